The predicted molar refractivity (Wildman–Crippen MR) is 78.1 cm³/mol. The zero-order chi connectivity index (χ0) is 14.5. The number of carbonyl (C=O) groups excluding carboxylic acids is 1. The number of rotatable bonds is 4. The fourth-order valence-corrected chi connectivity index (χ4v) is 2.70. The molecule has 2 rings (SSSR count). The van der Waals surface area contributed by atoms with Gasteiger partial charge in [0.15, 0.2) is 0 Å². The number of carbonyl (C=O) groups is 1. The van der Waals surface area contributed by atoms with E-state index < -0.39 is 0 Å². The van der Waals surface area contributed by atoms with Crippen LogP contribution in [0.25, 0.3) is 0 Å². The Morgan fingerprint density at radius 2 is 2.05 bits per heavy atom. The van der Waals surface area contributed by atoms with Crippen molar-refractivity contribution in [2.24, 2.45) is 11.8 Å². The van der Waals surface area contributed by atoms with Gasteiger partial charge in [0.2, 0.25) is 0 Å². The number of benzene rings is 1. The van der Waals surface area contributed by atoms with Crippen molar-refractivity contribution in [1.29, 1.82) is 0 Å². The highest BCUT2D eigenvalue weighted by molar-refractivity contribution is 5.96. The highest BCUT2D eigenvalue weighted by Crippen LogP contribution is 2.28. The van der Waals surface area contributed by atoms with Crippen LogP contribution in [0.3, 0.4) is 0 Å². The van der Waals surface area contributed by atoms with E-state index >= 15 is 0 Å². The van der Waals surface area contributed by atoms with Crippen LogP contribution in [0.4, 0.5) is 0 Å². The molecular weight excluding hydrogens is 254 g/mol. The van der Waals surface area contributed by atoms with Gasteiger partial charge in [0.1, 0.15) is 11.5 Å². The summed E-state index contributed by atoms with van der Waals surface area (Å²) in [6, 6.07) is 4.72. The summed E-state index contributed by atoms with van der Waals surface area (Å²) in [7, 11) is 1.53. The van der Waals surface area contributed by atoms with E-state index in [1.54, 1.807) is 12.1 Å². The molecule has 0 spiro atoms. The molecule has 1 aromatic carbocycles. The Morgan fingerprint density at radius 1 is 1.35 bits per heavy atom. The predicted octanol–water partition coefficient (Wildman–Crippen LogP) is 2.96. The van der Waals surface area contributed by atoms with Gasteiger partial charge in [-0.05, 0) is 36.8 Å². The van der Waals surface area contributed by atoms with Crippen molar-refractivity contribution in [3.05, 3.63) is 23.8 Å². The Bertz CT molecular complexity index is 465. The minimum Gasteiger partial charge on any atom is -0.507 e. The van der Waals surface area contributed by atoms with Gasteiger partial charge in [0.25, 0.3) is 5.91 Å². The van der Waals surface area contributed by atoms with Crippen LogP contribution in [0.5, 0.6) is 11.5 Å². The normalized spacial score (nSPS) is 22.3. The molecule has 4 nitrogen and oxygen atoms in total. The largest absolute Gasteiger partial charge is 0.507 e. The molecule has 1 aliphatic carbocycles. The Morgan fingerprint density at radius 3 is 2.65 bits per heavy atom. The Kier molecular flexibility index (Phi) is 4.88. The van der Waals surface area contributed by atoms with E-state index in [1.165, 1.54) is 38.9 Å². The summed E-state index contributed by atoms with van der Waals surface area (Å²) in [6.45, 7) is 2.97. The molecule has 0 unspecified atom stereocenters. The molecular formula is C16H23NO3. The number of nitrogens with one attached hydrogen (secondary N) is 1. The van der Waals surface area contributed by atoms with Crippen molar-refractivity contribution in [3.8, 4) is 11.5 Å². The van der Waals surface area contributed by atoms with Gasteiger partial charge in [-0.3, -0.25) is 4.79 Å². The molecule has 1 saturated carbocycles. The van der Waals surface area contributed by atoms with Crippen molar-refractivity contribution in [2.45, 2.75) is 32.6 Å². The first-order chi connectivity index (χ1) is 9.60. The molecule has 1 aromatic rings. The first-order valence-electron chi connectivity index (χ1n) is 7.25. The summed E-state index contributed by atoms with van der Waals surface area (Å²) in [5.74, 6) is 1.66. The fraction of sp³-hybridized carbons (Fsp3) is 0.562. The molecule has 0 saturated heterocycles. The van der Waals surface area contributed by atoms with Gasteiger partial charge in [0, 0.05) is 12.6 Å². The number of hydrogen-bond acceptors (Lipinski definition) is 3. The molecule has 0 bridgehead atoms. The quantitative estimate of drug-likeness (QED) is 0.889. The van der Waals surface area contributed by atoms with Gasteiger partial charge in [-0.25, -0.2) is 0 Å². The van der Waals surface area contributed by atoms with E-state index in [1.807, 2.05) is 0 Å². The molecule has 0 heterocycles. The summed E-state index contributed by atoms with van der Waals surface area (Å²) >= 11 is 0. The number of phenolic OH excluding ortho intramolecular Hbond substituents is 1. The summed E-state index contributed by atoms with van der Waals surface area (Å²) < 4.78 is 5.00. The first-order valence-corrected chi connectivity index (χ1v) is 7.25. The molecule has 1 amide bonds. The highest BCUT2D eigenvalue weighted by Gasteiger charge is 2.19. The third-order valence-electron chi connectivity index (χ3n) is 4.14. The topological polar surface area (TPSA) is 58.6 Å². The van der Waals surface area contributed by atoms with E-state index in [0.29, 0.717) is 23.8 Å². The van der Waals surface area contributed by atoms with E-state index in [9.17, 15) is 9.90 Å². The van der Waals surface area contributed by atoms with Crippen LogP contribution in [0.15, 0.2) is 18.2 Å². The second-order valence-corrected chi connectivity index (χ2v) is 5.72. The lowest BCUT2D eigenvalue weighted by molar-refractivity contribution is 0.0939. The summed E-state index contributed by atoms with van der Waals surface area (Å²) in [5, 5.41) is 12.7. The van der Waals surface area contributed by atoms with Crippen LogP contribution in [0.2, 0.25) is 0 Å². The number of aromatic hydroxyl groups is 1. The zero-order valence-corrected chi connectivity index (χ0v) is 12.2. The van der Waals surface area contributed by atoms with Crippen LogP contribution in [0.1, 0.15) is 43.0 Å². The number of amides is 1. The lowest BCUT2D eigenvalue weighted by Gasteiger charge is -2.26. The lowest BCUT2D eigenvalue weighted by atomic mass is 9.83. The molecule has 110 valence electrons. The molecule has 0 radical (unpaired) electrons. The molecule has 20 heavy (non-hydrogen) atoms. The second-order valence-electron chi connectivity index (χ2n) is 5.72. The smallest absolute Gasteiger partial charge is 0.255 e. The number of phenols is 1. The van der Waals surface area contributed by atoms with Gasteiger partial charge < -0.3 is 15.2 Å². The van der Waals surface area contributed by atoms with Crippen molar-refractivity contribution in [1.82, 2.24) is 5.32 Å². The Balaban J connectivity index is 1.88. The SMILES string of the molecule is COc1ccc(C(=O)NCC2CCC(C)CC2)c(O)c1. The monoisotopic (exact) mass is 277 g/mol. The molecule has 1 fully saturated rings. The van der Waals surface area contributed by atoms with Crippen LogP contribution >= 0.6 is 0 Å². The molecule has 1 aliphatic rings. The first kappa shape index (κ1) is 14.7. The molecule has 0 atom stereocenters. The van der Waals surface area contributed by atoms with Crippen molar-refractivity contribution in [2.75, 3.05) is 13.7 Å². The summed E-state index contributed by atoms with van der Waals surface area (Å²) in [6.07, 6.45) is 4.84. The van der Waals surface area contributed by atoms with Gasteiger partial charge in [0.05, 0.1) is 12.7 Å². The standard InChI is InChI=1S/C16H23NO3/c1-11-3-5-12(6-4-11)10-17-16(19)14-8-7-13(20-2)9-15(14)18/h7-9,11-12,18H,3-6,10H2,1-2H3,(H,17,19). The molecule has 2 N–H and O–H groups in total. The summed E-state index contributed by atoms with van der Waals surface area (Å²) in [4.78, 5) is 12.1. The average Bonchev–Trinajstić information content (AvgIpc) is 2.46. The fourth-order valence-electron chi connectivity index (χ4n) is 2.70. The molecule has 4 heteroatoms. The van der Waals surface area contributed by atoms with E-state index in [0.717, 1.165) is 5.92 Å². The second kappa shape index (κ2) is 6.64. The molecule has 0 aliphatic heterocycles. The van der Waals surface area contributed by atoms with Crippen LogP contribution in [-0.4, -0.2) is 24.7 Å². The Labute approximate surface area is 120 Å². The van der Waals surface area contributed by atoms with Gasteiger partial charge in [-0.2, -0.15) is 0 Å². The van der Waals surface area contributed by atoms with Crippen molar-refractivity contribution >= 4 is 5.91 Å². The highest BCUT2D eigenvalue weighted by atomic mass is 16.5. The van der Waals surface area contributed by atoms with Gasteiger partial charge in [-0.15, -0.1) is 0 Å². The zero-order valence-electron chi connectivity index (χ0n) is 12.2. The van der Waals surface area contributed by atoms with E-state index in [4.69, 9.17) is 4.74 Å². The number of hydrogen-bond donors (Lipinski definition) is 2. The van der Waals surface area contributed by atoms with Crippen LogP contribution < -0.4 is 10.1 Å². The minimum atomic E-state index is -0.219. The third-order valence-corrected chi connectivity index (χ3v) is 4.14. The average molecular weight is 277 g/mol. The maximum absolute atomic E-state index is 12.1. The van der Waals surface area contributed by atoms with Gasteiger partial charge in [-0.1, -0.05) is 19.8 Å². The van der Waals surface area contributed by atoms with E-state index in [-0.39, 0.29) is 11.7 Å². The summed E-state index contributed by atoms with van der Waals surface area (Å²) in [5.41, 5.74) is 0.301. The van der Waals surface area contributed by atoms with Crippen molar-refractivity contribution in [3.63, 3.8) is 0 Å². The van der Waals surface area contributed by atoms with Crippen LogP contribution in [0, 0.1) is 11.8 Å². The Hall–Kier alpha value is -1.71. The number of methoxy groups -OCH3 is 1. The van der Waals surface area contributed by atoms with Gasteiger partial charge >= 0.3 is 0 Å². The maximum Gasteiger partial charge on any atom is 0.255 e. The van der Waals surface area contributed by atoms with E-state index in [2.05, 4.69) is 12.2 Å². The molecule has 0 aromatic heterocycles. The van der Waals surface area contributed by atoms with Crippen LogP contribution in [-0.2, 0) is 0 Å². The third kappa shape index (κ3) is 3.65. The maximum atomic E-state index is 12.1. The lowest BCUT2D eigenvalue weighted by Crippen LogP contribution is -2.31. The number of ether oxygens (including phenoxy) is 1. The minimum absolute atomic E-state index is 0.0425. The van der Waals surface area contributed by atoms with Crippen molar-refractivity contribution < 1.29 is 14.6 Å².